The van der Waals surface area contributed by atoms with Gasteiger partial charge in [0.25, 0.3) is 0 Å². The summed E-state index contributed by atoms with van der Waals surface area (Å²) in [5.41, 5.74) is -2.66. The Balaban J connectivity index is 2.11. The Morgan fingerprint density at radius 2 is 2.21 bits per heavy atom. The van der Waals surface area contributed by atoms with Crippen molar-refractivity contribution in [1.82, 2.24) is 19.9 Å². The molecule has 0 fully saturated rings. The van der Waals surface area contributed by atoms with Crippen molar-refractivity contribution in [3.05, 3.63) is 35.1 Å². The van der Waals surface area contributed by atoms with Gasteiger partial charge in [0, 0.05) is 34.5 Å². The molecule has 3 aromatic heterocycles. The molecule has 24 heavy (non-hydrogen) atoms. The van der Waals surface area contributed by atoms with Crippen LogP contribution in [0.3, 0.4) is 0 Å². The first-order valence-electron chi connectivity index (χ1n) is 10.7. The predicted octanol–water partition coefficient (Wildman–Crippen LogP) is 2.29. The van der Waals surface area contributed by atoms with Crippen molar-refractivity contribution in [3.63, 3.8) is 0 Å². The molecule has 3 aromatic rings. The van der Waals surface area contributed by atoms with Gasteiger partial charge in [-0.3, -0.25) is 9.97 Å². The van der Waals surface area contributed by atoms with Crippen molar-refractivity contribution in [2.75, 3.05) is 14.1 Å². The van der Waals surface area contributed by atoms with Crippen LogP contribution in [0.4, 0.5) is 0 Å². The molecule has 126 valence electrons. The van der Waals surface area contributed by atoms with E-state index < -0.39 is 47.0 Å². The van der Waals surface area contributed by atoms with Gasteiger partial charge in [-0.1, -0.05) is 0 Å². The van der Waals surface area contributed by atoms with Crippen LogP contribution < -0.4 is 9.47 Å². The SMILES string of the molecule is [2H]c1nc(C([2H])([2H])[S+]([O-])c2nc3nc(OC([2H])([2H])[2H])c([2H])c([2H])c3[nH]2)c(C)c(OC)c1C. The number of rotatable bonds is 5. The van der Waals surface area contributed by atoms with Gasteiger partial charge in [0.2, 0.25) is 5.88 Å². The summed E-state index contributed by atoms with van der Waals surface area (Å²) in [6.45, 7) is 3.12. The van der Waals surface area contributed by atoms with Gasteiger partial charge < -0.3 is 14.0 Å². The van der Waals surface area contributed by atoms with Crippen LogP contribution in [-0.4, -0.2) is 38.6 Å². The zero-order valence-corrected chi connectivity index (χ0v) is 13.8. The van der Waals surface area contributed by atoms with E-state index in [2.05, 4.69) is 24.7 Å². The van der Waals surface area contributed by atoms with Crippen LogP contribution >= 0.6 is 0 Å². The molecule has 0 aliphatic heterocycles. The average Bonchev–Trinajstić information content (AvgIpc) is 3.11. The molecule has 0 bridgehead atoms. The van der Waals surface area contributed by atoms with Crippen LogP contribution in [0.2, 0.25) is 0 Å². The number of ether oxygens (including phenoxy) is 2. The van der Waals surface area contributed by atoms with E-state index in [1.165, 1.54) is 14.0 Å². The molecular formula is C16H18N4O3S. The van der Waals surface area contributed by atoms with E-state index in [-0.39, 0.29) is 34.3 Å². The Kier molecular flexibility index (Phi) is 2.56. The predicted molar refractivity (Wildman–Crippen MR) is 90.8 cm³/mol. The molecule has 0 aromatic carbocycles. The quantitative estimate of drug-likeness (QED) is 0.706. The summed E-state index contributed by atoms with van der Waals surface area (Å²) in [7, 11) is -1.55. The number of fused-ring (bicyclic) bond motifs is 1. The average molecular weight is 354 g/mol. The third kappa shape index (κ3) is 3.02. The van der Waals surface area contributed by atoms with Gasteiger partial charge in [-0.05, 0) is 19.9 Å². The van der Waals surface area contributed by atoms with Crippen LogP contribution in [0.25, 0.3) is 11.2 Å². The molecule has 0 saturated carbocycles. The van der Waals surface area contributed by atoms with Crippen molar-refractivity contribution in [2.45, 2.75) is 24.7 Å². The second-order valence-electron chi connectivity index (χ2n) is 4.74. The van der Waals surface area contributed by atoms with E-state index in [1.54, 1.807) is 6.92 Å². The van der Waals surface area contributed by atoms with Crippen LogP contribution in [-0.2, 0) is 16.9 Å². The van der Waals surface area contributed by atoms with Gasteiger partial charge in [0.05, 0.1) is 36.3 Å². The van der Waals surface area contributed by atoms with Crippen molar-refractivity contribution in [2.24, 2.45) is 0 Å². The number of hydrogen-bond acceptors (Lipinski definition) is 6. The standard InChI is InChI=1S/C16H18N4O3S/c1-9-7-17-12(10(2)14(9)23-4)8-24(21)16-18-11-5-6-13(22-3)19-15(11)20-16/h5-7H,8H2,1-4H3,(H,18,19,20)/i3D3,5D,6D,7D,8D2. The topological polar surface area (TPSA) is 96.0 Å². The first kappa shape index (κ1) is 9.24. The van der Waals surface area contributed by atoms with E-state index in [0.717, 1.165) is 0 Å². The molecule has 1 atom stereocenters. The highest BCUT2D eigenvalue weighted by Gasteiger charge is 2.21. The highest BCUT2D eigenvalue weighted by atomic mass is 32.2. The minimum atomic E-state index is -2.91. The number of aromatic amines is 1. The lowest BCUT2D eigenvalue weighted by atomic mass is 10.1. The summed E-state index contributed by atoms with van der Waals surface area (Å²) in [5.74, 6) is -0.417. The maximum Gasteiger partial charge on any atom is 0.323 e. The first-order chi connectivity index (χ1) is 14.7. The van der Waals surface area contributed by atoms with Crippen molar-refractivity contribution >= 4 is 22.3 Å². The van der Waals surface area contributed by atoms with Crippen molar-refractivity contribution in [1.29, 1.82) is 0 Å². The lowest BCUT2D eigenvalue weighted by Crippen LogP contribution is -2.10. The lowest BCUT2D eigenvalue weighted by molar-refractivity contribution is 0.399. The Morgan fingerprint density at radius 3 is 2.96 bits per heavy atom. The summed E-state index contributed by atoms with van der Waals surface area (Å²) in [6, 6.07) is -1.14. The fraction of sp³-hybridized carbons (Fsp3) is 0.312. The van der Waals surface area contributed by atoms with Crippen LogP contribution in [0.5, 0.6) is 11.6 Å². The van der Waals surface area contributed by atoms with Crippen LogP contribution in [0.1, 0.15) is 27.8 Å². The molecule has 0 aliphatic rings. The second-order valence-corrected chi connectivity index (χ2v) is 5.86. The third-order valence-electron chi connectivity index (χ3n) is 3.20. The molecule has 0 radical (unpaired) electrons. The number of H-pyrrole nitrogens is 1. The highest BCUT2D eigenvalue weighted by molar-refractivity contribution is 7.90. The largest absolute Gasteiger partial charge is 0.609 e. The first-order valence-corrected chi connectivity index (χ1v) is 7.84. The van der Waals surface area contributed by atoms with E-state index in [1.807, 2.05) is 0 Å². The van der Waals surface area contributed by atoms with Gasteiger partial charge >= 0.3 is 5.16 Å². The number of nitrogens with zero attached hydrogens (tertiary/aromatic N) is 3. The normalized spacial score (nSPS) is 18.3. The zero-order valence-electron chi connectivity index (χ0n) is 21.0. The van der Waals surface area contributed by atoms with Crippen molar-refractivity contribution < 1.29 is 25.0 Å². The molecule has 0 spiro atoms. The minimum Gasteiger partial charge on any atom is -0.609 e. The molecule has 0 saturated heterocycles. The zero-order chi connectivity index (χ0) is 24.2. The number of pyridine rings is 2. The maximum atomic E-state index is 13.1. The third-order valence-corrected chi connectivity index (χ3v) is 4.13. The second kappa shape index (κ2) is 6.66. The molecule has 0 amide bonds. The number of nitrogens with one attached hydrogen (secondary N) is 1. The Morgan fingerprint density at radius 1 is 1.38 bits per heavy atom. The molecule has 3 heterocycles. The summed E-state index contributed by atoms with van der Waals surface area (Å²) < 4.78 is 85.2. The Hall–Kier alpha value is -2.32. The number of hydrogen-bond donors (Lipinski definition) is 1. The lowest BCUT2D eigenvalue weighted by Gasteiger charge is -2.13. The van der Waals surface area contributed by atoms with Gasteiger partial charge in [-0.15, -0.1) is 0 Å². The minimum absolute atomic E-state index is 0.139. The van der Waals surface area contributed by atoms with Crippen LogP contribution in [0.15, 0.2) is 23.4 Å². The fourth-order valence-corrected chi connectivity index (χ4v) is 2.93. The van der Waals surface area contributed by atoms with E-state index >= 15 is 0 Å². The number of aromatic nitrogens is 4. The highest BCUT2D eigenvalue weighted by Crippen LogP contribution is 2.26. The van der Waals surface area contributed by atoms with E-state index in [0.29, 0.717) is 5.56 Å². The summed E-state index contributed by atoms with van der Waals surface area (Å²) in [4.78, 5) is 14.2. The van der Waals surface area contributed by atoms with Crippen molar-refractivity contribution in [3.8, 4) is 11.6 Å². The van der Waals surface area contributed by atoms with Gasteiger partial charge in [0.1, 0.15) is 5.75 Å². The van der Waals surface area contributed by atoms with Gasteiger partial charge in [0.15, 0.2) is 11.4 Å². The molecule has 0 aliphatic carbocycles. The number of imidazole rings is 1. The molecule has 1 N–H and O–H groups in total. The Labute approximate surface area is 153 Å². The molecule has 1 unspecified atom stereocenters. The van der Waals surface area contributed by atoms with Crippen LogP contribution in [0, 0.1) is 13.8 Å². The molecular weight excluding hydrogens is 328 g/mol. The summed E-state index contributed by atoms with van der Waals surface area (Å²) in [5, 5.41) is -0.413. The van der Waals surface area contributed by atoms with E-state index in [9.17, 15) is 4.55 Å². The molecule has 8 heteroatoms. The summed E-state index contributed by atoms with van der Waals surface area (Å²) >= 11 is -2.52. The fourth-order valence-electron chi connectivity index (χ4n) is 2.09. The monoisotopic (exact) mass is 354 g/mol. The summed E-state index contributed by atoms with van der Waals surface area (Å²) in [6.07, 6.45) is -0.242. The Bertz CT molecular complexity index is 1200. The smallest absolute Gasteiger partial charge is 0.323 e. The molecule has 7 nitrogen and oxygen atoms in total. The van der Waals surface area contributed by atoms with Gasteiger partial charge in [-0.2, -0.15) is 9.97 Å². The van der Waals surface area contributed by atoms with E-state index in [4.69, 9.17) is 15.7 Å². The molecule has 3 rings (SSSR count). The maximum absolute atomic E-state index is 13.1. The van der Waals surface area contributed by atoms with Gasteiger partial charge in [-0.25, -0.2) is 0 Å². The number of methoxy groups -OCH3 is 2.